The normalized spacial score (nSPS) is 25.9. The molecule has 2 aliphatic rings. The third kappa shape index (κ3) is 5.21. The van der Waals surface area contributed by atoms with Gasteiger partial charge in [-0.2, -0.15) is 0 Å². The Hall–Kier alpha value is -2.37. The molecule has 1 aromatic carbocycles. The van der Waals surface area contributed by atoms with Crippen molar-refractivity contribution in [2.75, 3.05) is 13.6 Å². The first-order valence-corrected chi connectivity index (χ1v) is 10.9. The highest BCUT2D eigenvalue weighted by atomic mass is 16.6. The molecule has 6 nitrogen and oxygen atoms in total. The van der Waals surface area contributed by atoms with Crippen molar-refractivity contribution in [3.05, 3.63) is 35.4 Å². The maximum Gasteiger partial charge on any atom is 0.410 e. The van der Waals surface area contributed by atoms with E-state index in [2.05, 4.69) is 5.32 Å². The second kappa shape index (κ2) is 8.78. The van der Waals surface area contributed by atoms with Crippen molar-refractivity contribution in [1.82, 2.24) is 10.2 Å². The lowest BCUT2D eigenvalue weighted by atomic mass is 9.55. The quantitative estimate of drug-likeness (QED) is 0.723. The Morgan fingerprint density at radius 1 is 1.20 bits per heavy atom. The highest BCUT2D eigenvalue weighted by molar-refractivity contribution is 6.01. The van der Waals surface area contributed by atoms with Gasteiger partial charge in [-0.3, -0.25) is 9.59 Å². The van der Waals surface area contributed by atoms with Gasteiger partial charge >= 0.3 is 6.09 Å². The van der Waals surface area contributed by atoms with Crippen LogP contribution in [0.3, 0.4) is 0 Å². The van der Waals surface area contributed by atoms with Crippen LogP contribution in [-0.2, 0) is 4.74 Å². The van der Waals surface area contributed by atoms with Crippen molar-refractivity contribution in [3.63, 3.8) is 0 Å². The summed E-state index contributed by atoms with van der Waals surface area (Å²) in [4.78, 5) is 37.6. The number of carbonyl (C=O) groups excluding carboxylic acids is 3. The maximum absolute atomic E-state index is 12.4. The number of hydrogen-bond acceptors (Lipinski definition) is 4. The summed E-state index contributed by atoms with van der Waals surface area (Å²) in [6.45, 7) is 6.31. The minimum absolute atomic E-state index is 0.179. The van der Waals surface area contributed by atoms with E-state index >= 15 is 0 Å². The molecule has 0 bridgehead atoms. The molecule has 2 saturated carbocycles. The van der Waals surface area contributed by atoms with Crippen LogP contribution in [-0.4, -0.2) is 48.4 Å². The van der Waals surface area contributed by atoms with Crippen molar-refractivity contribution in [2.45, 2.75) is 70.9 Å². The number of hydrogen-bond donors (Lipinski definition) is 1. The minimum atomic E-state index is -0.473. The Morgan fingerprint density at radius 2 is 1.83 bits per heavy atom. The Morgan fingerprint density at radius 3 is 2.43 bits per heavy atom. The number of nitrogens with zero attached hydrogens (tertiary/aromatic N) is 1. The van der Waals surface area contributed by atoms with Crippen LogP contribution in [0.25, 0.3) is 0 Å². The SMILES string of the molecule is CN(C(=O)OC(C)(C)C)C1CCC2(CC1)CC(CNC(=O)c1ccccc1C=O)C2. The van der Waals surface area contributed by atoms with Gasteiger partial charge in [-0.05, 0) is 76.7 Å². The Kier molecular flexibility index (Phi) is 6.53. The average Bonchev–Trinajstić information content (AvgIpc) is 2.68. The van der Waals surface area contributed by atoms with Gasteiger partial charge in [0.1, 0.15) is 5.60 Å². The number of rotatable bonds is 5. The van der Waals surface area contributed by atoms with Crippen LogP contribution >= 0.6 is 0 Å². The van der Waals surface area contributed by atoms with Crippen molar-refractivity contribution in [2.24, 2.45) is 11.3 Å². The van der Waals surface area contributed by atoms with E-state index in [-0.39, 0.29) is 18.0 Å². The van der Waals surface area contributed by atoms with Crippen molar-refractivity contribution >= 4 is 18.3 Å². The molecule has 2 amide bonds. The van der Waals surface area contributed by atoms with Crippen LogP contribution in [0.15, 0.2) is 24.3 Å². The molecule has 1 spiro atoms. The van der Waals surface area contributed by atoms with Gasteiger partial charge in [0, 0.05) is 30.8 Å². The predicted molar refractivity (Wildman–Crippen MR) is 116 cm³/mol. The summed E-state index contributed by atoms with van der Waals surface area (Å²) >= 11 is 0. The molecule has 0 heterocycles. The summed E-state index contributed by atoms with van der Waals surface area (Å²) in [7, 11) is 1.84. The topological polar surface area (TPSA) is 75.7 Å². The molecule has 0 atom stereocenters. The molecule has 1 N–H and O–H groups in total. The van der Waals surface area contributed by atoms with Crippen molar-refractivity contribution in [3.8, 4) is 0 Å². The summed E-state index contributed by atoms with van der Waals surface area (Å²) in [6, 6.07) is 7.11. The minimum Gasteiger partial charge on any atom is -0.444 e. The molecule has 6 heteroatoms. The molecular weight excluding hydrogens is 380 g/mol. The van der Waals surface area contributed by atoms with Gasteiger partial charge in [0.25, 0.3) is 5.91 Å². The fourth-order valence-corrected chi connectivity index (χ4v) is 4.94. The number of aldehydes is 1. The molecule has 164 valence electrons. The molecule has 3 rings (SSSR count). The fourth-order valence-electron chi connectivity index (χ4n) is 4.94. The van der Waals surface area contributed by atoms with Gasteiger partial charge < -0.3 is 15.0 Å². The smallest absolute Gasteiger partial charge is 0.410 e. The Balaban J connectivity index is 1.42. The zero-order valence-corrected chi connectivity index (χ0v) is 18.6. The molecule has 0 radical (unpaired) electrons. The maximum atomic E-state index is 12.4. The van der Waals surface area contributed by atoms with E-state index in [1.807, 2.05) is 27.8 Å². The third-order valence-corrected chi connectivity index (χ3v) is 6.57. The zero-order chi connectivity index (χ0) is 21.9. The number of ether oxygens (including phenoxy) is 1. The highest BCUT2D eigenvalue weighted by Crippen LogP contribution is 2.55. The number of amides is 2. The molecular formula is C24H34N2O4. The van der Waals surface area contributed by atoms with E-state index in [9.17, 15) is 14.4 Å². The molecule has 0 unspecified atom stereocenters. The average molecular weight is 415 g/mol. The summed E-state index contributed by atoms with van der Waals surface area (Å²) in [5, 5.41) is 2.99. The van der Waals surface area contributed by atoms with Crippen LogP contribution in [0.2, 0.25) is 0 Å². The van der Waals surface area contributed by atoms with Crippen LogP contribution in [0.4, 0.5) is 4.79 Å². The predicted octanol–water partition coefficient (Wildman–Crippen LogP) is 4.43. The van der Waals surface area contributed by atoms with E-state index in [1.54, 1.807) is 29.2 Å². The Labute approximate surface area is 179 Å². The second-order valence-corrected chi connectivity index (χ2v) is 10.0. The molecule has 0 saturated heterocycles. The van der Waals surface area contributed by atoms with Gasteiger partial charge in [-0.25, -0.2) is 4.79 Å². The van der Waals surface area contributed by atoms with Crippen molar-refractivity contribution in [1.29, 1.82) is 0 Å². The van der Waals surface area contributed by atoms with E-state index in [1.165, 1.54) is 0 Å². The summed E-state index contributed by atoms with van der Waals surface area (Å²) in [5.74, 6) is 0.304. The lowest BCUT2D eigenvalue weighted by Gasteiger charge is -2.52. The lowest BCUT2D eigenvalue weighted by molar-refractivity contribution is -0.0186. The standard InChI is InChI=1S/C24H34N2O4/c1-23(2,3)30-22(29)26(4)19-9-11-24(12-10-19)13-17(14-24)15-25-21(28)20-8-6-5-7-18(20)16-27/h5-8,16-17,19H,9-15H2,1-4H3,(H,25,28). The van der Waals surface area contributed by atoms with E-state index in [4.69, 9.17) is 4.74 Å². The third-order valence-electron chi connectivity index (χ3n) is 6.57. The molecule has 0 aromatic heterocycles. The van der Waals surface area contributed by atoms with Gasteiger partial charge in [0.15, 0.2) is 6.29 Å². The van der Waals surface area contributed by atoms with Crippen LogP contribution < -0.4 is 5.32 Å². The van der Waals surface area contributed by atoms with E-state index in [0.29, 0.717) is 29.0 Å². The first kappa shape index (κ1) is 22.3. The summed E-state index contributed by atoms with van der Waals surface area (Å²) in [5.41, 5.74) is 0.750. The number of benzene rings is 1. The van der Waals surface area contributed by atoms with Gasteiger partial charge in [-0.15, -0.1) is 0 Å². The van der Waals surface area contributed by atoms with E-state index < -0.39 is 5.60 Å². The monoisotopic (exact) mass is 414 g/mol. The second-order valence-electron chi connectivity index (χ2n) is 10.0. The van der Waals surface area contributed by atoms with Crippen LogP contribution in [0, 0.1) is 11.3 Å². The van der Waals surface area contributed by atoms with E-state index in [0.717, 1.165) is 44.8 Å². The molecule has 1 aromatic rings. The number of nitrogens with one attached hydrogen (secondary N) is 1. The van der Waals surface area contributed by atoms with Crippen LogP contribution in [0.5, 0.6) is 0 Å². The van der Waals surface area contributed by atoms with Crippen LogP contribution in [0.1, 0.15) is 80.0 Å². The largest absolute Gasteiger partial charge is 0.444 e. The summed E-state index contributed by atoms with van der Waals surface area (Å²) < 4.78 is 5.49. The first-order valence-electron chi connectivity index (χ1n) is 10.9. The first-order chi connectivity index (χ1) is 14.1. The van der Waals surface area contributed by atoms with Gasteiger partial charge in [0.2, 0.25) is 0 Å². The Bertz CT molecular complexity index is 783. The van der Waals surface area contributed by atoms with Gasteiger partial charge in [-0.1, -0.05) is 18.2 Å². The highest BCUT2D eigenvalue weighted by Gasteiger charge is 2.46. The fraction of sp³-hybridized carbons (Fsp3) is 0.625. The molecule has 30 heavy (non-hydrogen) atoms. The van der Waals surface area contributed by atoms with Crippen molar-refractivity contribution < 1.29 is 19.1 Å². The van der Waals surface area contributed by atoms with Gasteiger partial charge in [0.05, 0.1) is 0 Å². The lowest BCUT2D eigenvalue weighted by Crippen LogP contribution is -2.49. The molecule has 2 aliphatic carbocycles. The zero-order valence-electron chi connectivity index (χ0n) is 18.6. The summed E-state index contributed by atoms with van der Waals surface area (Å²) in [6.07, 6.45) is 6.94. The molecule has 2 fully saturated rings. The number of carbonyl (C=O) groups is 3. The molecule has 0 aliphatic heterocycles.